The fourth-order valence-corrected chi connectivity index (χ4v) is 8.92. The molecule has 21 nitrogen and oxygen atoms in total. The number of carbonyl (C=O) groups excluding carboxylic acids is 6. The van der Waals surface area contributed by atoms with Crippen molar-refractivity contribution in [1.82, 2.24) is 31.9 Å². The molecule has 2 atom stereocenters. The minimum absolute atomic E-state index is 0.0159. The highest BCUT2D eigenvalue weighted by atomic mass is 35.5. The summed E-state index contributed by atoms with van der Waals surface area (Å²) in [7, 11) is 14.6. The number of aryl methyl sites for hydroxylation is 3. The van der Waals surface area contributed by atoms with Crippen molar-refractivity contribution in [1.29, 1.82) is 0 Å². The van der Waals surface area contributed by atoms with Crippen molar-refractivity contribution in [2.75, 3.05) is 74.3 Å². The number of hydrogen-bond donors (Lipinski definition) is 6. The number of hydrogen-bond acceptors (Lipinski definition) is 15. The number of amides is 6. The molecule has 0 aliphatic heterocycles. The van der Waals surface area contributed by atoms with Crippen LogP contribution in [0.25, 0.3) is 0 Å². The Morgan fingerprint density at radius 1 is 0.474 bits per heavy atom. The molecule has 0 spiro atoms. The molecule has 0 bridgehead atoms. The molecule has 0 aromatic heterocycles. The SMILES string of the molecule is CCC(CC)c1cccc(OC(=O)NC)c1.CCCC(C)c1cccc(OC(=O)NC)c1.CNC(=O)Oc1cc(C(C)(C)C)cc(C(C)(C)C)c1.CNC(=O)Oc1cc(C)c(C)cc1Cl.CNC(=O)Oc1ccc(N(C)C)c(C)c1.CNC(=O)Oc1ccccc1OC(CCl)OC. The number of halogens is 2. The lowest BCUT2D eigenvalue weighted by Crippen LogP contribution is -2.24. The van der Waals surface area contributed by atoms with Gasteiger partial charge < -0.3 is 74.7 Å². The summed E-state index contributed by atoms with van der Waals surface area (Å²) in [4.78, 5) is 68.5. The largest absolute Gasteiger partial charge is 0.460 e. The second kappa shape index (κ2) is 44.7. The molecule has 0 heterocycles. The lowest BCUT2D eigenvalue weighted by molar-refractivity contribution is -0.0366. The maximum Gasteiger partial charge on any atom is 0.412 e. The highest BCUT2D eigenvalue weighted by Gasteiger charge is 2.22. The Hall–Kier alpha value is -8.92. The minimum atomic E-state index is -0.592. The molecule has 6 aromatic rings. The zero-order chi connectivity index (χ0) is 73.6. The molecule has 6 amide bonds. The number of anilines is 1. The molecular formula is C74H105Cl2N7O14. The summed E-state index contributed by atoms with van der Waals surface area (Å²) in [6, 6.07) is 37.3. The predicted octanol–water partition coefficient (Wildman–Crippen LogP) is 17.1. The molecule has 0 saturated heterocycles. The lowest BCUT2D eigenvalue weighted by Gasteiger charge is -2.25. The molecule has 97 heavy (non-hydrogen) atoms. The zero-order valence-corrected chi connectivity index (χ0v) is 62.2. The van der Waals surface area contributed by atoms with E-state index in [-0.39, 0.29) is 16.7 Å². The topological polar surface area (TPSA) is 252 Å². The van der Waals surface area contributed by atoms with Crippen molar-refractivity contribution in [3.63, 3.8) is 0 Å². The number of alkyl halides is 1. The molecule has 6 aromatic carbocycles. The van der Waals surface area contributed by atoms with Crippen molar-refractivity contribution >= 4 is 65.4 Å². The molecule has 6 N–H and O–H groups in total. The summed E-state index contributed by atoms with van der Waals surface area (Å²) in [5, 5.41) is 14.9. The molecular weight excluding hydrogens is 1280 g/mol. The summed E-state index contributed by atoms with van der Waals surface area (Å²) >= 11 is 11.5. The van der Waals surface area contributed by atoms with Gasteiger partial charge in [-0.15, -0.1) is 11.6 Å². The van der Waals surface area contributed by atoms with Crippen LogP contribution < -0.4 is 70.0 Å². The van der Waals surface area contributed by atoms with Crippen molar-refractivity contribution in [2.45, 2.75) is 145 Å². The van der Waals surface area contributed by atoms with Crippen LogP contribution in [-0.2, 0) is 15.6 Å². The molecule has 0 aliphatic rings. The molecule has 0 fully saturated rings. The summed E-state index contributed by atoms with van der Waals surface area (Å²) in [6.45, 7) is 27.5. The van der Waals surface area contributed by atoms with Crippen LogP contribution >= 0.6 is 23.2 Å². The van der Waals surface area contributed by atoms with Crippen LogP contribution in [-0.4, -0.2) is 112 Å². The number of benzene rings is 6. The van der Waals surface area contributed by atoms with E-state index in [4.69, 9.17) is 61.1 Å². The van der Waals surface area contributed by atoms with E-state index < -0.39 is 42.8 Å². The van der Waals surface area contributed by atoms with E-state index in [0.717, 1.165) is 48.1 Å². The first-order valence-electron chi connectivity index (χ1n) is 31.8. The Morgan fingerprint density at radius 2 is 0.887 bits per heavy atom. The van der Waals surface area contributed by atoms with E-state index in [9.17, 15) is 28.8 Å². The number of methoxy groups -OCH3 is 1. The second-order valence-electron chi connectivity index (χ2n) is 24.0. The quantitative estimate of drug-likeness (QED) is 0.0367. The molecule has 0 aliphatic carbocycles. The maximum absolute atomic E-state index is 11.4. The third-order valence-electron chi connectivity index (χ3n) is 14.3. The average molecular weight is 1390 g/mol. The van der Waals surface area contributed by atoms with E-state index in [1.165, 1.54) is 50.5 Å². The minimum Gasteiger partial charge on any atom is -0.460 e. The van der Waals surface area contributed by atoms with E-state index in [1.807, 2.05) is 88.3 Å². The number of para-hydroxylation sites is 2. The smallest absolute Gasteiger partial charge is 0.412 e. The van der Waals surface area contributed by atoms with Crippen molar-refractivity contribution in [2.24, 2.45) is 0 Å². The van der Waals surface area contributed by atoms with Gasteiger partial charge in [0.25, 0.3) is 0 Å². The first kappa shape index (κ1) is 86.1. The number of ether oxygens (including phenoxy) is 8. The van der Waals surface area contributed by atoms with Gasteiger partial charge in [-0.3, -0.25) is 0 Å². The summed E-state index contributed by atoms with van der Waals surface area (Å²) in [6.07, 6.45) is 1.06. The van der Waals surface area contributed by atoms with Crippen molar-refractivity contribution < 1.29 is 66.7 Å². The molecule has 6 rings (SSSR count). The maximum atomic E-state index is 11.4. The Morgan fingerprint density at radius 3 is 1.30 bits per heavy atom. The van der Waals surface area contributed by atoms with Gasteiger partial charge in [-0.1, -0.05) is 130 Å². The van der Waals surface area contributed by atoms with Gasteiger partial charge in [0.1, 0.15) is 23.0 Å². The van der Waals surface area contributed by atoms with Gasteiger partial charge in [-0.2, -0.15) is 0 Å². The molecule has 2 unspecified atom stereocenters. The van der Waals surface area contributed by atoms with Crippen molar-refractivity contribution in [3.05, 3.63) is 165 Å². The predicted molar refractivity (Wildman–Crippen MR) is 389 cm³/mol. The Bertz CT molecular complexity index is 3370. The third kappa shape index (κ3) is 33.1. The van der Waals surface area contributed by atoms with Crippen LogP contribution in [0.5, 0.6) is 40.2 Å². The summed E-state index contributed by atoms with van der Waals surface area (Å²) in [5.41, 5.74) is 9.09. The standard InChI is InChI=1S/C16H25NO2.2C13H19NO2.C11H14ClNO4.C11H16N2O2.C10H12ClNO2/c1-15(2,3)11-8-12(16(4,5)6)10-13(9-11)19-14(18)17-7;1-4-6-10(2)11-7-5-8-12(9-11)16-13(15)14-3;1-4-10(5-2)11-7-6-8-12(9-11)16-13(15)14-3;1-13-11(14)17-9-6-4-3-5-8(9)16-10(7-12)15-2;1-8-7-9(15-11(14)12-2)5-6-10(8)13(3)4;1-6-4-8(11)9(5-7(6)2)14-10(13)12-3/h8-10H,1-7H3,(H,17,18);5,7-10H,4,6H2,1-3H3,(H,14,15);6-10H,4-5H2,1-3H3,(H,14,15);3-6,10H,7H2,1-2H3,(H,13,14);5-7H,1-4H3,(H,12,14);4-5H,1-3H3,(H,12,13). The Labute approximate surface area is 585 Å². The second-order valence-corrected chi connectivity index (χ2v) is 24.7. The molecule has 0 saturated carbocycles. The van der Waals surface area contributed by atoms with Crippen LogP contribution in [0.3, 0.4) is 0 Å². The van der Waals surface area contributed by atoms with Crippen molar-refractivity contribution in [3.8, 4) is 40.2 Å². The first-order chi connectivity index (χ1) is 45.7. The van der Waals surface area contributed by atoms with Gasteiger partial charge in [0.05, 0.1) is 10.9 Å². The number of rotatable bonds is 17. The first-order valence-corrected chi connectivity index (χ1v) is 32.7. The van der Waals surface area contributed by atoms with Gasteiger partial charge in [-0.25, -0.2) is 28.8 Å². The number of carbonyl (C=O) groups is 6. The van der Waals surface area contributed by atoms with Gasteiger partial charge in [0.15, 0.2) is 17.2 Å². The van der Waals surface area contributed by atoms with E-state index in [2.05, 4.69) is 119 Å². The average Bonchev–Trinajstić information content (AvgIpc) is 0.811. The van der Waals surface area contributed by atoms with Gasteiger partial charge in [0.2, 0.25) is 6.29 Å². The normalized spacial score (nSPS) is 11.0. The van der Waals surface area contributed by atoms with Crippen LogP contribution in [0.2, 0.25) is 5.02 Å². The highest BCUT2D eigenvalue weighted by molar-refractivity contribution is 6.32. The van der Waals surface area contributed by atoms with E-state index >= 15 is 0 Å². The van der Waals surface area contributed by atoms with Crippen LogP contribution in [0.4, 0.5) is 34.5 Å². The monoisotopic (exact) mass is 1390 g/mol. The molecule has 534 valence electrons. The fraction of sp³-hybridized carbons (Fsp3) is 0.432. The van der Waals surface area contributed by atoms with Crippen LogP contribution in [0.1, 0.15) is 146 Å². The number of nitrogens with one attached hydrogen (secondary N) is 6. The molecule has 0 radical (unpaired) electrons. The van der Waals surface area contributed by atoms with E-state index in [1.54, 1.807) is 75.7 Å². The fourth-order valence-electron chi connectivity index (χ4n) is 8.48. The lowest BCUT2D eigenvalue weighted by atomic mass is 9.80. The Kier molecular flexibility index (Phi) is 39.7. The highest BCUT2D eigenvalue weighted by Crippen LogP contribution is 2.34. The summed E-state index contributed by atoms with van der Waals surface area (Å²) < 4.78 is 40.8. The Balaban J connectivity index is 0.000000583. The third-order valence-corrected chi connectivity index (χ3v) is 14.8. The van der Waals surface area contributed by atoms with Crippen LogP contribution in [0, 0.1) is 20.8 Å². The number of nitrogens with zero attached hydrogens (tertiary/aromatic N) is 1. The summed E-state index contributed by atoms with van der Waals surface area (Å²) in [5.74, 6) is 4.63. The zero-order valence-electron chi connectivity index (χ0n) is 60.7. The van der Waals surface area contributed by atoms with E-state index in [0.29, 0.717) is 57.1 Å². The van der Waals surface area contributed by atoms with Crippen LogP contribution in [0.15, 0.2) is 121 Å². The van der Waals surface area contributed by atoms with Gasteiger partial charge in [0, 0.05) is 69.2 Å². The van der Waals surface area contributed by atoms with Gasteiger partial charge >= 0.3 is 36.6 Å². The molecule has 23 heteroatoms. The van der Waals surface area contributed by atoms with Gasteiger partial charge in [-0.05, 0) is 181 Å².